The van der Waals surface area contributed by atoms with E-state index in [1.807, 2.05) is 13.8 Å². The second-order valence-electron chi connectivity index (χ2n) is 4.86. The van der Waals surface area contributed by atoms with E-state index in [9.17, 15) is 9.50 Å². The molecule has 0 saturated heterocycles. The van der Waals surface area contributed by atoms with Crippen molar-refractivity contribution in [2.24, 2.45) is 0 Å². The van der Waals surface area contributed by atoms with E-state index >= 15 is 0 Å². The average molecular weight is 339 g/mol. The van der Waals surface area contributed by atoms with Crippen LogP contribution in [0.15, 0.2) is 16.6 Å². The van der Waals surface area contributed by atoms with Gasteiger partial charge in [-0.05, 0) is 41.9 Å². The van der Waals surface area contributed by atoms with Gasteiger partial charge in [-0.2, -0.15) is 0 Å². The molecule has 1 unspecified atom stereocenters. The van der Waals surface area contributed by atoms with Crippen LogP contribution in [0.1, 0.15) is 32.8 Å². The zero-order valence-electron chi connectivity index (χ0n) is 10.7. The zero-order chi connectivity index (χ0) is 13.9. The van der Waals surface area contributed by atoms with Gasteiger partial charge >= 0.3 is 0 Å². The molecule has 1 atom stereocenters. The van der Waals surface area contributed by atoms with Crippen molar-refractivity contribution in [1.82, 2.24) is 5.32 Å². The highest BCUT2D eigenvalue weighted by molar-refractivity contribution is 9.10. The molecule has 0 aliphatic rings. The van der Waals surface area contributed by atoms with Crippen LogP contribution in [0.25, 0.3) is 0 Å². The molecule has 1 aromatic carbocycles. The summed E-state index contributed by atoms with van der Waals surface area (Å²) in [6.45, 7) is 6.24. The van der Waals surface area contributed by atoms with Crippen molar-refractivity contribution in [3.8, 4) is 0 Å². The lowest BCUT2D eigenvalue weighted by molar-refractivity contribution is 0.0439. The number of hydrogen-bond donors (Lipinski definition) is 2. The maximum Gasteiger partial charge on any atom is 0.149 e. The van der Waals surface area contributed by atoms with Crippen LogP contribution in [-0.2, 0) is 5.60 Å². The summed E-state index contributed by atoms with van der Waals surface area (Å²) in [6, 6.07) is 3.53. The highest BCUT2D eigenvalue weighted by atomic mass is 79.9. The standard InChI is InChI=1S/C13H18BrClFNO/c1-8(2)17-7-6-13(3,18)9-4-5-10(14)11(15)12(9)16/h4-5,8,17-18H,6-7H2,1-3H3. The Morgan fingerprint density at radius 3 is 2.67 bits per heavy atom. The molecule has 0 aliphatic carbocycles. The van der Waals surface area contributed by atoms with Gasteiger partial charge in [-0.3, -0.25) is 0 Å². The minimum absolute atomic E-state index is 0.00425. The molecule has 0 radical (unpaired) electrons. The summed E-state index contributed by atoms with van der Waals surface area (Å²) in [6.07, 6.45) is 0.417. The first-order valence-electron chi connectivity index (χ1n) is 5.85. The van der Waals surface area contributed by atoms with Crippen LogP contribution in [0.4, 0.5) is 4.39 Å². The maximum atomic E-state index is 14.0. The van der Waals surface area contributed by atoms with E-state index in [0.29, 0.717) is 23.5 Å². The fourth-order valence-corrected chi connectivity index (χ4v) is 2.15. The van der Waals surface area contributed by atoms with Crippen molar-refractivity contribution < 1.29 is 9.50 Å². The Kier molecular flexibility index (Phi) is 5.59. The maximum absolute atomic E-state index is 14.0. The number of aliphatic hydroxyl groups is 1. The van der Waals surface area contributed by atoms with Crippen LogP contribution in [-0.4, -0.2) is 17.7 Å². The second-order valence-corrected chi connectivity index (χ2v) is 6.09. The summed E-state index contributed by atoms with van der Waals surface area (Å²) >= 11 is 8.98. The lowest BCUT2D eigenvalue weighted by Gasteiger charge is -2.25. The molecule has 0 amide bonds. The molecular weight excluding hydrogens is 321 g/mol. The van der Waals surface area contributed by atoms with Crippen LogP contribution in [0.3, 0.4) is 0 Å². The first kappa shape index (κ1) is 15.9. The number of hydrogen-bond acceptors (Lipinski definition) is 2. The van der Waals surface area contributed by atoms with Crippen LogP contribution in [0.2, 0.25) is 5.02 Å². The third kappa shape index (κ3) is 3.92. The largest absolute Gasteiger partial charge is 0.385 e. The molecule has 2 nitrogen and oxygen atoms in total. The zero-order valence-corrected chi connectivity index (χ0v) is 13.1. The van der Waals surface area contributed by atoms with E-state index in [1.165, 1.54) is 0 Å². The molecule has 1 rings (SSSR count). The van der Waals surface area contributed by atoms with E-state index < -0.39 is 11.4 Å². The van der Waals surface area contributed by atoms with Crippen molar-refractivity contribution in [2.75, 3.05) is 6.54 Å². The predicted octanol–water partition coefficient (Wildman–Crippen LogP) is 3.84. The number of benzene rings is 1. The van der Waals surface area contributed by atoms with Gasteiger partial charge in [-0.25, -0.2) is 4.39 Å². The minimum atomic E-state index is -1.24. The van der Waals surface area contributed by atoms with Gasteiger partial charge < -0.3 is 10.4 Å². The molecule has 0 fully saturated rings. The van der Waals surface area contributed by atoms with Crippen LogP contribution in [0.5, 0.6) is 0 Å². The molecule has 0 heterocycles. The predicted molar refractivity (Wildman–Crippen MR) is 76.4 cm³/mol. The summed E-state index contributed by atoms with van der Waals surface area (Å²) < 4.78 is 14.5. The smallest absolute Gasteiger partial charge is 0.149 e. The summed E-state index contributed by atoms with van der Waals surface area (Å²) in [7, 11) is 0. The molecule has 102 valence electrons. The van der Waals surface area contributed by atoms with Gasteiger partial charge in [0.15, 0.2) is 0 Å². The van der Waals surface area contributed by atoms with E-state index in [2.05, 4.69) is 21.2 Å². The van der Waals surface area contributed by atoms with Crippen LogP contribution in [0, 0.1) is 5.82 Å². The van der Waals surface area contributed by atoms with Crippen molar-refractivity contribution >= 4 is 27.5 Å². The monoisotopic (exact) mass is 337 g/mol. The normalized spacial score (nSPS) is 14.9. The molecule has 5 heteroatoms. The summed E-state index contributed by atoms with van der Waals surface area (Å²) in [5.41, 5.74) is -1.02. The Bertz CT molecular complexity index is 424. The Balaban J connectivity index is 2.88. The van der Waals surface area contributed by atoms with Crippen molar-refractivity contribution in [2.45, 2.75) is 38.8 Å². The van der Waals surface area contributed by atoms with Crippen LogP contribution >= 0.6 is 27.5 Å². The fourth-order valence-electron chi connectivity index (χ4n) is 1.68. The van der Waals surface area contributed by atoms with E-state index in [1.54, 1.807) is 19.1 Å². The SMILES string of the molecule is CC(C)NCCC(C)(O)c1ccc(Br)c(Cl)c1F. The number of halogens is 3. The summed E-state index contributed by atoms with van der Waals surface area (Å²) in [5.74, 6) is -0.569. The quantitative estimate of drug-likeness (QED) is 0.800. The Morgan fingerprint density at radius 1 is 1.50 bits per heavy atom. The summed E-state index contributed by atoms with van der Waals surface area (Å²) in [5, 5.41) is 13.5. The van der Waals surface area contributed by atoms with E-state index in [0.717, 1.165) is 0 Å². The Hall–Kier alpha value is -0.160. The molecule has 0 spiro atoms. The average Bonchev–Trinajstić information content (AvgIpc) is 2.24. The Labute approximate surface area is 121 Å². The number of rotatable bonds is 5. The van der Waals surface area contributed by atoms with Crippen molar-refractivity contribution in [1.29, 1.82) is 0 Å². The number of nitrogens with one attached hydrogen (secondary N) is 1. The molecule has 0 aliphatic heterocycles. The molecular formula is C13H18BrClFNO. The van der Waals surface area contributed by atoms with Gasteiger partial charge in [0.2, 0.25) is 0 Å². The second kappa shape index (κ2) is 6.33. The van der Waals surface area contributed by atoms with Gasteiger partial charge in [-0.15, -0.1) is 0 Å². The lowest BCUT2D eigenvalue weighted by Crippen LogP contribution is -2.31. The molecule has 0 aromatic heterocycles. The van der Waals surface area contributed by atoms with Gasteiger partial charge in [0, 0.05) is 16.1 Å². The minimum Gasteiger partial charge on any atom is -0.385 e. The molecule has 0 bridgehead atoms. The Morgan fingerprint density at radius 2 is 2.11 bits per heavy atom. The van der Waals surface area contributed by atoms with Gasteiger partial charge in [0.05, 0.1) is 10.6 Å². The van der Waals surface area contributed by atoms with Crippen molar-refractivity contribution in [3.05, 3.63) is 33.0 Å². The molecule has 1 aromatic rings. The molecule has 2 N–H and O–H groups in total. The van der Waals surface area contributed by atoms with Crippen LogP contribution < -0.4 is 5.32 Å². The molecule has 0 saturated carbocycles. The summed E-state index contributed by atoms with van der Waals surface area (Å²) in [4.78, 5) is 0. The highest BCUT2D eigenvalue weighted by Crippen LogP contribution is 2.34. The third-order valence-electron chi connectivity index (χ3n) is 2.78. The highest BCUT2D eigenvalue weighted by Gasteiger charge is 2.28. The first-order chi connectivity index (χ1) is 8.25. The van der Waals surface area contributed by atoms with Gasteiger partial charge in [0.25, 0.3) is 0 Å². The van der Waals surface area contributed by atoms with E-state index in [-0.39, 0.29) is 10.6 Å². The first-order valence-corrected chi connectivity index (χ1v) is 7.02. The fraction of sp³-hybridized carbons (Fsp3) is 0.538. The molecule has 18 heavy (non-hydrogen) atoms. The van der Waals surface area contributed by atoms with Crippen molar-refractivity contribution in [3.63, 3.8) is 0 Å². The van der Waals surface area contributed by atoms with E-state index in [4.69, 9.17) is 11.6 Å². The van der Waals surface area contributed by atoms with Gasteiger partial charge in [0.1, 0.15) is 5.82 Å². The van der Waals surface area contributed by atoms with Gasteiger partial charge in [-0.1, -0.05) is 31.5 Å². The lowest BCUT2D eigenvalue weighted by atomic mass is 9.92. The third-order valence-corrected chi connectivity index (χ3v) is 4.04. The topological polar surface area (TPSA) is 32.3 Å².